The van der Waals surface area contributed by atoms with Crippen molar-refractivity contribution in [3.05, 3.63) is 48.0 Å². The lowest BCUT2D eigenvalue weighted by molar-refractivity contribution is -0.119. The molecule has 162 valence electrons. The molecule has 0 saturated carbocycles. The molecule has 2 aromatic rings. The first-order chi connectivity index (χ1) is 14.2. The molecule has 0 bridgehead atoms. The normalized spacial score (nSPS) is 11.1. The summed E-state index contributed by atoms with van der Waals surface area (Å²) in [5.74, 6) is -4.24. The predicted octanol–water partition coefficient (Wildman–Crippen LogP) is 2.89. The van der Waals surface area contributed by atoms with Crippen LogP contribution in [0.15, 0.2) is 47.4 Å². The van der Waals surface area contributed by atoms with Crippen LogP contribution in [0.2, 0.25) is 0 Å². The molecule has 0 aliphatic heterocycles. The van der Waals surface area contributed by atoms with E-state index in [0.29, 0.717) is 18.1 Å². The lowest BCUT2D eigenvalue weighted by atomic mass is 10.2. The Bertz CT molecular complexity index is 1010. The van der Waals surface area contributed by atoms with Crippen LogP contribution in [0.25, 0.3) is 0 Å². The molecule has 0 aromatic heterocycles. The lowest BCUT2D eigenvalue weighted by Crippen LogP contribution is -2.21. The van der Waals surface area contributed by atoms with Crippen molar-refractivity contribution < 1.29 is 41.0 Å². The second-order valence-electron chi connectivity index (χ2n) is 5.75. The highest BCUT2D eigenvalue weighted by Crippen LogP contribution is 2.28. The molecule has 8 nitrogen and oxygen atoms in total. The van der Waals surface area contributed by atoms with Crippen molar-refractivity contribution in [3.8, 4) is 11.5 Å². The summed E-state index contributed by atoms with van der Waals surface area (Å²) in [5.41, 5.74) is 0.293. The van der Waals surface area contributed by atoms with E-state index in [1.54, 1.807) is 6.92 Å². The Morgan fingerprint density at radius 2 is 1.73 bits per heavy atom. The molecule has 0 saturated heterocycles. The van der Waals surface area contributed by atoms with E-state index >= 15 is 0 Å². The van der Waals surface area contributed by atoms with Gasteiger partial charge in [-0.3, -0.25) is 4.79 Å². The van der Waals surface area contributed by atoms with E-state index in [2.05, 4.69) is 5.32 Å². The first-order valence-electron chi connectivity index (χ1n) is 8.59. The standard InChI is InChI=1S/C19H19F2NO7S/c1-3-28-16-10-12(4-9-15(16)27-2)18(24)29-11-17(23)22-13-5-7-14(8-6-13)30(25,26)19(20)21/h4-10,19H,3,11H2,1-2H3,(H,22,23). The molecule has 0 radical (unpaired) electrons. The lowest BCUT2D eigenvalue weighted by Gasteiger charge is -2.11. The fraction of sp³-hybridized carbons (Fsp3) is 0.263. The van der Waals surface area contributed by atoms with E-state index in [1.807, 2.05) is 0 Å². The van der Waals surface area contributed by atoms with E-state index in [1.165, 1.54) is 25.3 Å². The number of alkyl halides is 2. The maximum absolute atomic E-state index is 12.5. The SMILES string of the molecule is CCOc1cc(C(=O)OCC(=O)Nc2ccc(S(=O)(=O)C(F)F)cc2)ccc1OC. The minimum atomic E-state index is -4.72. The largest absolute Gasteiger partial charge is 0.493 e. The molecule has 2 rings (SSSR count). The van der Waals surface area contributed by atoms with Crippen LogP contribution in [-0.2, 0) is 19.4 Å². The molecule has 30 heavy (non-hydrogen) atoms. The Kier molecular flexibility index (Phi) is 7.70. The van der Waals surface area contributed by atoms with Crippen LogP contribution in [0.3, 0.4) is 0 Å². The Balaban J connectivity index is 1.96. The maximum Gasteiger partial charge on any atom is 0.341 e. The van der Waals surface area contributed by atoms with E-state index in [4.69, 9.17) is 14.2 Å². The zero-order valence-corrected chi connectivity index (χ0v) is 16.9. The average molecular weight is 443 g/mol. The van der Waals surface area contributed by atoms with E-state index in [0.717, 1.165) is 24.3 Å². The second-order valence-corrected chi connectivity index (χ2v) is 7.67. The monoisotopic (exact) mass is 443 g/mol. The number of halogens is 2. The molecule has 0 aliphatic carbocycles. The Hall–Kier alpha value is -3.21. The fourth-order valence-corrected chi connectivity index (χ4v) is 3.04. The number of hydrogen-bond donors (Lipinski definition) is 1. The maximum atomic E-state index is 12.5. The van der Waals surface area contributed by atoms with Crippen molar-refractivity contribution in [3.63, 3.8) is 0 Å². The molecule has 11 heteroatoms. The number of anilines is 1. The molecule has 2 aromatic carbocycles. The third-order valence-electron chi connectivity index (χ3n) is 3.73. The van der Waals surface area contributed by atoms with Gasteiger partial charge in [0.2, 0.25) is 9.84 Å². The van der Waals surface area contributed by atoms with Gasteiger partial charge in [-0.2, -0.15) is 8.78 Å². The van der Waals surface area contributed by atoms with Gasteiger partial charge in [0.25, 0.3) is 5.91 Å². The minimum Gasteiger partial charge on any atom is -0.493 e. The highest BCUT2D eigenvalue weighted by atomic mass is 32.2. The summed E-state index contributed by atoms with van der Waals surface area (Å²) in [7, 11) is -3.27. The highest BCUT2D eigenvalue weighted by Gasteiger charge is 2.26. The zero-order chi connectivity index (χ0) is 22.3. The quantitative estimate of drug-likeness (QED) is 0.594. The van der Waals surface area contributed by atoms with Crippen LogP contribution in [0, 0.1) is 0 Å². The molecule has 0 fully saturated rings. The fourth-order valence-electron chi connectivity index (χ4n) is 2.31. The third kappa shape index (κ3) is 5.66. The van der Waals surface area contributed by atoms with Gasteiger partial charge >= 0.3 is 11.7 Å². The van der Waals surface area contributed by atoms with Crippen LogP contribution < -0.4 is 14.8 Å². The molecule has 0 spiro atoms. The van der Waals surface area contributed by atoms with Gasteiger partial charge in [0.05, 0.1) is 24.2 Å². The van der Waals surface area contributed by atoms with Gasteiger partial charge in [0.15, 0.2) is 18.1 Å². The number of methoxy groups -OCH3 is 1. The molecule has 1 amide bonds. The van der Waals surface area contributed by atoms with Crippen LogP contribution in [0.5, 0.6) is 11.5 Å². The van der Waals surface area contributed by atoms with Gasteiger partial charge < -0.3 is 19.5 Å². The highest BCUT2D eigenvalue weighted by molar-refractivity contribution is 7.91. The average Bonchev–Trinajstić information content (AvgIpc) is 2.72. The van der Waals surface area contributed by atoms with E-state index < -0.39 is 39.0 Å². The summed E-state index contributed by atoms with van der Waals surface area (Å²) in [6.45, 7) is 1.50. The van der Waals surface area contributed by atoms with Crippen molar-refractivity contribution in [2.24, 2.45) is 0 Å². The summed E-state index contributed by atoms with van der Waals surface area (Å²) in [6.07, 6.45) is 0. The Morgan fingerprint density at radius 1 is 1.07 bits per heavy atom. The number of carbonyl (C=O) groups excluding carboxylic acids is 2. The molecule has 0 aliphatic rings. The number of hydrogen-bond acceptors (Lipinski definition) is 7. The van der Waals surface area contributed by atoms with Crippen molar-refractivity contribution >= 4 is 27.4 Å². The number of sulfone groups is 1. The number of carbonyl (C=O) groups is 2. The van der Waals surface area contributed by atoms with Crippen LogP contribution in [0.4, 0.5) is 14.5 Å². The second kappa shape index (κ2) is 10.0. The van der Waals surface area contributed by atoms with E-state index in [-0.39, 0.29) is 11.3 Å². The number of rotatable bonds is 9. The molecular weight excluding hydrogens is 424 g/mol. The van der Waals surface area contributed by atoms with Gasteiger partial charge in [-0.05, 0) is 49.4 Å². The number of benzene rings is 2. The summed E-state index contributed by atoms with van der Waals surface area (Å²) in [4.78, 5) is 23.5. The summed E-state index contributed by atoms with van der Waals surface area (Å²) >= 11 is 0. The van der Waals surface area contributed by atoms with Gasteiger partial charge in [-0.1, -0.05) is 0 Å². The number of esters is 1. The van der Waals surface area contributed by atoms with E-state index in [9.17, 15) is 26.8 Å². The van der Waals surface area contributed by atoms with Gasteiger partial charge in [-0.15, -0.1) is 0 Å². The van der Waals surface area contributed by atoms with Gasteiger partial charge in [0, 0.05) is 5.69 Å². The molecule has 0 unspecified atom stereocenters. The number of amides is 1. The summed E-state index contributed by atoms with van der Waals surface area (Å²) in [6, 6.07) is 8.57. The van der Waals surface area contributed by atoms with Crippen molar-refractivity contribution in [2.45, 2.75) is 17.6 Å². The minimum absolute atomic E-state index is 0.146. The van der Waals surface area contributed by atoms with Crippen LogP contribution in [0.1, 0.15) is 17.3 Å². The first-order valence-corrected chi connectivity index (χ1v) is 10.1. The van der Waals surface area contributed by atoms with Crippen molar-refractivity contribution in [1.82, 2.24) is 0 Å². The number of nitrogens with one attached hydrogen (secondary N) is 1. The van der Waals surface area contributed by atoms with Gasteiger partial charge in [0.1, 0.15) is 0 Å². The van der Waals surface area contributed by atoms with Crippen LogP contribution >= 0.6 is 0 Å². The predicted molar refractivity (Wildman–Crippen MR) is 103 cm³/mol. The van der Waals surface area contributed by atoms with Crippen molar-refractivity contribution in [2.75, 3.05) is 25.6 Å². The van der Waals surface area contributed by atoms with Crippen molar-refractivity contribution in [1.29, 1.82) is 0 Å². The third-order valence-corrected chi connectivity index (χ3v) is 5.13. The van der Waals surface area contributed by atoms with Crippen LogP contribution in [-0.4, -0.2) is 46.4 Å². The van der Waals surface area contributed by atoms with Gasteiger partial charge in [-0.25, -0.2) is 13.2 Å². The smallest absolute Gasteiger partial charge is 0.341 e. The molecule has 1 N–H and O–H groups in total. The Labute approximate surface area is 171 Å². The topological polar surface area (TPSA) is 108 Å². The Morgan fingerprint density at radius 3 is 2.30 bits per heavy atom. The molecule has 0 atom stereocenters. The zero-order valence-electron chi connectivity index (χ0n) is 16.1. The molecular formula is C19H19F2NO7S. The first kappa shape index (κ1) is 23.1. The number of ether oxygens (including phenoxy) is 3. The molecule has 0 heterocycles. The summed E-state index contributed by atoms with van der Waals surface area (Å²) in [5, 5.41) is 2.36. The summed E-state index contributed by atoms with van der Waals surface area (Å²) < 4.78 is 63.2.